The van der Waals surface area contributed by atoms with E-state index in [4.69, 9.17) is 0 Å². The first kappa shape index (κ1) is 15.1. The molecule has 0 aromatic carbocycles. The molecule has 0 unspecified atom stereocenters. The summed E-state index contributed by atoms with van der Waals surface area (Å²) in [6.45, 7) is 2.12. The number of aromatic nitrogens is 2. The minimum atomic E-state index is 0.0362. The second-order valence-electron chi connectivity index (χ2n) is 6.25. The van der Waals surface area contributed by atoms with Gasteiger partial charge in [0, 0.05) is 12.2 Å². The van der Waals surface area contributed by atoms with Gasteiger partial charge in [0.1, 0.15) is 11.3 Å². The molecule has 1 aliphatic rings. The third kappa shape index (κ3) is 3.16. The fourth-order valence-corrected chi connectivity index (χ4v) is 3.37. The maximum atomic E-state index is 12.8. The molecule has 1 fully saturated rings. The fourth-order valence-electron chi connectivity index (χ4n) is 3.37. The van der Waals surface area contributed by atoms with Gasteiger partial charge in [-0.15, -0.1) is 0 Å². The van der Waals surface area contributed by atoms with Crippen molar-refractivity contribution in [1.29, 1.82) is 0 Å². The number of rotatable bonds is 4. The van der Waals surface area contributed by atoms with Gasteiger partial charge >= 0.3 is 0 Å². The van der Waals surface area contributed by atoms with Crippen molar-refractivity contribution < 1.29 is 4.79 Å². The average Bonchev–Trinajstić information content (AvgIpc) is 2.68. The van der Waals surface area contributed by atoms with Crippen molar-refractivity contribution in [3.05, 3.63) is 35.8 Å². The second kappa shape index (κ2) is 6.95. The Balaban J connectivity index is 1.86. The van der Waals surface area contributed by atoms with Crippen LogP contribution >= 0.6 is 0 Å². The van der Waals surface area contributed by atoms with Gasteiger partial charge in [-0.2, -0.15) is 0 Å². The van der Waals surface area contributed by atoms with Crippen molar-refractivity contribution in [1.82, 2.24) is 14.7 Å². The highest BCUT2D eigenvalue weighted by atomic mass is 16.2. The van der Waals surface area contributed by atoms with Crippen LogP contribution in [-0.4, -0.2) is 21.3 Å². The summed E-state index contributed by atoms with van der Waals surface area (Å²) in [5.74, 6) is 0.0362. The van der Waals surface area contributed by atoms with Crippen molar-refractivity contribution >= 4 is 11.6 Å². The maximum Gasteiger partial charge on any atom is 0.270 e. The summed E-state index contributed by atoms with van der Waals surface area (Å²) >= 11 is 0. The Hall–Kier alpha value is -1.84. The minimum absolute atomic E-state index is 0.0362. The first-order valence-corrected chi connectivity index (χ1v) is 8.56. The lowest BCUT2D eigenvalue weighted by atomic mass is 10.1. The van der Waals surface area contributed by atoms with E-state index >= 15 is 0 Å². The van der Waals surface area contributed by atoms with Crippen LogP contribution in [0.3, 0.4) is 0 Å². The van der Waals surface area contributed by atoms with E-state index in [2.05, 4.69) is 17.2 Å². The van der Waals surface area contributed by atoms with E-state index < -0.39 is 0 Å². The highest BCUT2D eigenvalue weighted by Crippen LogP contribution is 2.19. The van der Waals surface area contributed by atoms with Gasteiger partial charge in [0.25, 0.3) is 5.91 Å². The van der Waals surface area contributed by atoms with Gasteiger partial charge in [-0.1, -0.05) is 45.1 Å². The SMILES string of the molecule is CCCc1nc2ccccn2c1C(=O)NC1CCCCCC1. The molecule has 0 atom stereocenters. The van der Waals surface area contributed by atoms with Gasteiger partial charge in [-0.3, -0.25) is 9.20 Å². The van der Waals surface area contributed by atoms with Gasteiger partial charge < -0.3 is 5.32 Å². The Bertz CT molecular complexity index is 639. The van der Waals surface area contributed by atoms with Gasteiger partial charge in [-0.05, 0) is 31.4 Å². The number of carbonyl (C=O) groups excluding carboxylic acids is 1. The molecule has 0 radical (unpaired) electrons. The van der Waals surface area contributed by atoms with Crippen LogP contribution in [-0.2, 0) is 6.42 Å². The molecular weight excluding hydrogens is 274 g/mol. The number of pyridine rings is 1. The lowest BCUT2D eigenvalue weighted by molar-refractivity contribution is 0.0926. The summed E-state index contributed by atoms with van der Waals surface area (Å²) in [4.78, 5) is 17.5. The molecule has 0 spiro atoms. The third-order valence-corrected chi connectivity index (χ3v) is 4.49. The zero-order valence-corrected chi connectivity index (χ0v) is 13.3. The van der Waals surface area contributed by atoms with Crippen LogP contribution in [0, 0.1) is 0 Å². The molecule has 2 aromatic rings. The van der Waals surface area contributed by atoms with Crippen LogP contribution in [0.15, 0.2) is 24.4 Å². The average molecular weight is 299 g/mol. The first-order valence-electron chi connectivity index (χ1n) is 8.56. The molecule has 4 nitrogen and oxygen atoms in total. The fraction of sp³-hybridized carbons (Fsp3) is 0.556. The molecule has 1 amide bonds. The minimum Gasteiger partial charge on any atom is -0.348 e. The van der Waals surface area contributed by atoms with Crippen LogP contribution in [0.5, 0.6) is 0 Å². The van der Waals surface area contributed by atoms with E-state index in [1.54, 1.807) is 0 Å². The first-order chi connectivity index (χ1) is 10.8. The molecule has 1 aliphatic carbocycles. The number of hydrogen-bond acceptors (Lipinski definition) is 2. The number of nitrogens with one attached hydrogen (secondary N) is 1. The lowest BCUT2D eigenvalue weighted by Crippen LogP contribution is -2.35. The number of amides is 1. The third-order valence-electron chi connectivity index (χ3n) is 4.49. The molecule has 2 aromatic heterocycles. The normalized spacial score (nSPS) is 16.6. The zero-order chi connectivity index (χ0) is 15.4. The standard InChI is InChI=1S/C18H25N3O/c1-2-9-15-17(21-13-8-7-12-16(21)20-15)18(22)19-14-10-5-3-4-6-11-14/h7-8,12-14H,2-6,9-11H2,1H3,(H,19,22). The molecular formula is C18H25N3O. The molecule has 118 valence electrons. The molecule has 2 heterocycles. The molecule has 1 saturated carbocycles. The molecule has 4 heteroatoms. The monoisotopic (exact) mass is 299 g/mol. The maximum absolute atomic E-state index is 12.8. The smallest absolute Gasteiger partial charge is 0.270 e. The number of carbonyl (C=O) groups is 1. The number of aryl methyl sites for hydroxylation is 1. The van der Waals surface area contributed by atoms with E-state index in [1.165, 1.54) is 25.7 Å². The van der Waals surface area contributed by atoms with Crippen LogP contribution in [0.2, 0.25) is 0 Å². The van der Waals surface area contributed by atoms with Crippen molar-refractivity contribution in [3.63, 3.8) is 0 Å². The van der Waals surface area contributed by atoms with Gasteiger partial charge in [0.05, 0.1) is 5.69 Å². The summed E-state index contributed by atoms with van der Waals surface area (Å²) in [7, 11) is 0. The topological polar surface area (TPSA) is 46.4 Å². The summed E-state index contributed by atoms with van der Waals surface area (Å²) in [5, 5.41) is 3.25. The van der Waals surface area contributed by atoms with E-state index in [0.29, 0.717) is 6.04 Å². The summed E-state index contributed by atoms with van der Waals surface area (Å²) < 4.78 is 1.93. The van der Waals surface area contributed by atoms with E-state index in [9.17, 15) is 4.79 Å². The zero-order valence-electron chi connectivity index (χ0n) is 13.3. The molecule has 22 heavy (non-hydrogen) atoms. The van der Waals surface area contributed by atoms with Crippen molar-refractivity contribution in [2.75, 3.05) is 0 Å². The quantitative estimate of drug-likeness (QED) is 0.874. The Morgan fingerprint density at radius 1 is 1.27 bits per heavy atom. The largest absolute Gasteiger partial charge is 0.348 e. The predicted molar refractivity (Wildman–Crippen MR) is 88.1 cm³/mol. The highest BCUT2D eigenvalue weighted by molar-refractivity contribution is 5.95. The van der Waals surface area contributed by atoms with Gasteiger partial charge in [0.2, 0.25) is 0 Å². The second-order valence-corrected chi connectivity index (χ2v) is 6.25. The summed E-state index contributed by atoms with van der Waals surface area (Å²) in [6, 6.07) is 6.19. The Kier molecular flexibility index (Phi) is 4.76. The molecule has 0 saturated heterocycles. The van der Waals surface area contributed by atoms with E-state index in [0.717, 1.165) is 42.7 Å². The van der Waals surface area contributed by atoms with Crippen molar-refractivity contribution in [2.24, 2.45) is 0 Å². The van der Waals surface area contributed by atoms with Gasteiger partial charge in [0.15, 0.2) is 0 Å². The number of fused-ring (bicyclic) bond motifs is 1. The molecule has 3 rings (SSSR count). The predicted octanol–water partition coefficient (Wildman–Crippen LogP) is 3.74. The van der Waals surface area contributed by atoms with Crippen LogP contribution in [0.4, 0.5) is 0 Å². The van der Waals surface area contributed by atoms with Crippen molar-refractivity contribution in [3.8, 4) is 0 Å². The highest BCUT2D eigenvalue weighted by Gasteiger charge is 2.21. The molecule has 1 N–H and O–H groups in total. The molecule has 0 bridgehead atoms. The van der Waals surface area contributed by atoms with Crippen LogP contribution < -0.4 is 5.32 Å². The number of hydrogen-bond donors (Lipinski definition) is 1. The van der Waals surface area contributed by atoms with Gasteiger partial charge in [-0.25, -0.2) is 4.98 Å². The summed E-state index contributed by atoms with van der Waals surface area (Å²) in [5.41, 5.74) is 2.50. The Morgan fingerprint density at radius 3 is 2.77 bits per heavy atom. The molecule has 0 aliphatic heterocycles. The Morgan fingerprint density at radius 2 is 2.05 bits per heavy atom. The number of imidazole rings is 1. The lowest BCUT2D eigenvalue weighted by Gasteiger charge is -2.16. The van der Waals surface area contributed by atoms with Crippen LogP contribution in [0.1, 0.15) is 68.1 Å². The number of nitrogens with zero attached hydrogens (tertiary/aromatic N) is 2. The Labute approximate surface area is 131 Å². The van der Waals surface area contributed by atoms with E-state index in [1.807, 2.05) is 28.8 Å². The van der Waals surface area contributed by atoms with E-state index in [-0.39, 0.29) is 5.91 Å². The van der Waals surface area contributed by atoms with Crippen LogP contribution in [0.25, 0.3) is 5.65 Å². The van der Waals surface area contributed by atoms with Crippen molar-refractivity contribution in [2.45, 2.75) is 64.3 Å². The summed E-state index contributed by atoms with van der Waals surface area (Å²) in [6.07, 6.45) is 11.0.